The maximum absolute atomic E-state index is 13.2. The Bertz CT molecular complexity index is 1040. The Morgan fingerprint density at radius 2 is 1.68 bits per heavy atom. The SMILES string of the molecule is CC[C@@H](C(=O)Nc1ccccc1C(=O)N1CCCC1)N(c1ccc(C)cc1)S(C)(=O)=O. The molecule has 0 aromatic heterocycles. The van der Waals surface area contributed by atoms with Gasteiger partial charge in [0.1, 0.15) is 6.04 Å². The van der Waals surface area contributed by atoms with Crippen molar-refractivity contribution in [3.63, 3.8) is 0 Å². The van der Waals surface area contributed by atoms with Crippen LogP contribution in [0.4, 0.5) is 11.4 Å². The summed E-state index contributed by atoms with van der Waals surface area (Å²) in [7, 11) is -3.72. The normalized spacial score (nSPS) is 14.9. The van der Waals surface area contributed by atoms with Crippen LogP contribution in [0.1, 0.15) is 42.1 Å². The van der Waals surface area contributed by atoms with E-state index in [0.29, 0.717) is 30.0 Å². The minimum Gasteiger partial charge on any atom is -0.339 e. The second kappa shape index (κ2) is 9.51. The fraction of sp³-hybridized carbons (Fsp3) is 0.391. The maximum Gasteiger partial charge on any atom is 0.255 e. The van der Waals surface area contributed by atoms with Crippen molar-refractivity contribution in [1.29, 1.82) is 0 Å². The van der Waals surface area contributed by atoms with Crippen LogP contribution in [0.25, 0.3) is 0 Å². The first-order valence-electron chi connectivity index (χ1n) is 10.5. The molecule has 1 fully saturated rings. The van der Waals surface area contributed by atoms with Crippen LogP contribution in [-0.4, -0.2) is 50.5 Å². The summed E-state index contributed by atoms with van der Waals surface area (Å²) in [6.45, 7) is 5.08. The van der Waals surface area contributed by atoms with E-state index in [1.807, 2.05) is 19.1 Å². The number of hydrogen-bond donors (Lipinski definition) is 1. The van der Waals surface area contributed by atoms with Crippen LogP contribution < -0.4 is 9.62 Å². The lowest BCUT2D eigenvalue weighted by Gasteiger charge is -2.30. The predicted octanol–water partition coefficient (Wildman–Crippen LogP) is 3.41. The third-order valence-electron chi connectivity index (χ3n) is 5.43. The zero-order valence-electron chi connectivity index (χ0n) is 18.2. The standard InChI is InChI=1S/C23H29N3O4S/c1-4-21(26(31(3,29)30)18-13-11-17(2)12-14-18)22(27)24-20-10-6-5-9-19(20)23(28)25-15-7-8-16-25/h5-6,9-14,21H,4,7-8,15-16H2,1-3H3,(H,24,27)/t21-/m0/s1. The Labute approximate surface area is 184 Å². The molecule has 2 aromatic carbocycles. The lowest BCUT2D eigenvalue weighted by molar-refractivity contribution is -0.117. The Morgan fingerprint density at radius 3 is 2.26 bits per heavy atom. The van der Waals surface area contributed by atoms with E-state index in [9.17, 15) is 18.0 Å². The van der Waals surface area contributed by atoms with E-state index in [2.05, 4.69) is 5.32 Å². The van der Waals surface area contributed by atoms with E-state index in [1.54, 1.807) is 48.2 Å². The molecule has 0 bridgehead atoms. The summed E-state index contributed by atoms with van der Waals surface area (Å²) in [6.07, 6.45) is 3.30. The molecule has 0 saturated carbocycles. The van der Waals surface area contributed by atoms with Crippen LogP contribution in [0, 0.1) is 6.92 Å². The van der Waals surface area contributed by atoms with Gasteiger partial charge in [-0.2, -0.15) is 0 Å². The molecule has 0 radical (unpaired) electrons. The molecular weight excluding hydrogens is 414 g/mol. The number of rotatable bonds is 7. The van der Waals surface area contributed by atoms with Gasteiger partial charge < -0.3 is 10.2 Å². The Kier molecular flexibility index (Phi) is 7.00. The van der Waals surface area contributed by atoms with Gasteiger partial charge in [-0.3, -0.25) is 13.9 Å². The molecule has 0 unspecified atom stereocenters. The predicted molar refractivity (Wildman–Crippen MR) is 123 cm³/mol. The number of nitrogens with one attached hydrogen (secondary N) is 1. The van der Waals surface area contributed by atoms with Crippen LogP contribution in [0.3, 0.4) is 0 Å². The van der Waals surface area contributed by atoms with Gasteiger partial charge in [-0.15, -0.1) is 0 Å². The van der Waals surface area contributed by atoms with Gasteiger partial charge in [-0.05, 0) is 50.5 Å². The molecule has 8 heteroatoms. The van der Waals surface area contributed by atoms with Crippen LogP contribution >= 0.6 is 0 Å². The van der Waals surface area contributed by atoms with Crippen molar-refractivity contribution in [3.8, 4) is 0 Å². The van der Waals surface area contributed by atoms with Gasteiger partial charge in [-0.1, -0.05) is 36.8 Å². The molecule has 1 aliphatic heterocycles. The van der Waals surface area contributed by atoms with E-state index < -0.39 is 22.0 Å². The van der Waals surface area contributed by atoms with Crippen molar-refractivity contribution in [2.75, 3.05) is 29.0 Å². The highest BCUT2D eigenvalue weighted by Crippen LogP contribution is 2.25. The summed E-state index contributed by atoms with van der Waals surface area (Å²) in [6, 6.07) is 12.9. The van der Waals surface area contributed by atoms with E-state index in [1.165, 1.54) is 0 Å². The monoisotopic (exact) mass is 443 g/mol. The topological polar surface area (TPSA) is 86.8 Å². The number of amides is 2. The summed E-state index contributed by atoms with van der Waals surface area (Å²) in [4.78, 5) is 27.9. The number of likely N-dealkylation sites (tertiary alicyclic amines) is 1. The van der Waals surface area contributed by atoms with Gasteiger partial charge in [0.25, 0.3) is 5.91 Å². The summed E-state index contributed by atoms with van der Waals surface area (Å²) in [5, 5.41) is 2.81. The molecule has 3 rings (SSSR count). The van der Waals surface area contributed by atoms with E-state index in [-0.39, 0.29) is 12.3 Å². The lowest BCUT2D eigenvalue weighted by atomic mass is 10.1. The highest BCUT2D eigenvalue weighted by atomic mass is 32.2. The van der Waals surface area contributed by atoms with Gasteiger partial charge in [0.2, 0.25) is 15.9 Å². The lowest BCUT2D eigenvalue weighted by Crippen LogP contribution is -2.47. The number of sulfonamides is 1. The molecule has 2 aromatic rings. The fourth-order valence-electron chi connectivity index (χ4n) is 3.84. The number of nitrogens with zero attached hydrogens (tertiary/aromatic N) is 2. The minimum atomic E-state index is -3.72. The van der Waals surface area contributed by atoms with Crippen LogP contribution in [0.2, 0.25) is 0 Å². The van der Waals surface area contributed by atoms with Crippen LogP contribution in [-0.2, 0) is 14.8 Å². The molecule has 1 aliphatic rings. The highest BCUT2D eigenvalue weighted by molar-refractivity contribution is 7.92. The van der Waals surface area contributed by atoms with Crippen molar-refractivity contribution in [1.82, 2.24) is 4.90 Å². The molecule has 166 valence electrons. The Morgan fingerprint density at radius 1 is 1.06 bits per heavy atom. The third-order valence-corrected chi connectivity index (χ3v) is 6.61. The molecule has 1 saturated heterocycles. The number of carbonyl (C=O) groups is 2. The molecule has 2 amide bonds. The van der Waals surface area contributed by atoms with E-state index >= 15 is 0 Å². The van der Waals surface area contributed by atoms with Gasteiger partial charge in [-0.25, -0.2) is 8.42 Å². The van der Waals surface area contributed by atoms with Gasteiger partial charge in [0.05, 0.1) is 23.2 Å². The molecule has 0 spiro atoms. The first-order valence-corrected chi connectivity index (χ1v) is 12.3. The molecule has 1 N–H and O–H groups in total. The summed E-state index contributed by atoms with van der Waals surface area (Å²) >= 11 is 0. The van der Waals surface area contributed by atoms with Crippen molar-refractivity contribution in [3.05, 3.63) is 59.7 Å². The number of para-hydroxylation sites is 1. The minimum absolute atomic E-state index is 0.125. The molecule has 1 atom stereocenters. The summed E-state index contributed by atoms with van der Waals surface area (Å²) in [5.74, 6) is -0.602. The maximum atomic E-state index is 13.2. The number of aryl methyl sites for hydroxylation is 1. The second-order valence-corrected chi connectivity index (χ2v) is 9.71. The molecule has 7 nitrogen and oxygen atoms in total. The zero-order valence-corrected chi connectivity index (χ0v) is 19.0. The van der Waals surface area contributed by atoms with E-state index in [4.69, 9.17) is 0 Å². The van der Waals surface area contributed by atoms with Gasteiger partial charge in [0, 0.05) is 13.1 Å². The molecule has 1 heterocycles. The highest BCUT2D eigenvalue weighted by Gasteiger charge is 2.32. The average molecular weight is 444 g/mol. The Hall–Kier alpha value is -2.87. The van der Waals surface area contributed by atoms with Crippen molar-refractivity contribution in [2.45, 2.75) is 39.2 Å². The average Bonchev–Trinajstić information content (AvgIpc) is 3.26. The second-order valence-electron chi connectivity index (χ2n) is 7.85. The first kappa shape index (κ1) is 22.8. The van der Waals surface area contributed by atoms with Crippen LogP contribution in [0.5, 0.6) is 0 Å². The van der Waals surface area contributed by atoms with Crippen LogP contribution in [0.15, 0.2) is 48.5 Å². The molecule has 31 heavy (non-hydrogen) atoms. The first-order chi connectivity index (χ1) is 14.7. The zero-order chi connectivity index (χ0) is 22.6. The number of benzene rings is 2. The van der Waals surface area contributed by atoms with Crippen molar-refractivity contribution in [2.24, 2.45) is 0 Å². The van der Waals surface area contributed by atoms with Crippen molar-refractivity contribution >= 4 is 33.2 Å². The smallest absolute Gasteiger partial charge is 0.255 e. The summed E-state index contributed by atoms with van der Waals surface area (Å²) < 4.78 is 26.4. The Balaban J connectivity index is 1.90. The number of carbonyl (C=O) groups excluding carboxylic acids is 2. The quantitative estimate of drug-likeness (QED) is 0.710. The third kappa shape index (κ3) is 5.25. The molecular formula is C23H29N3O4S. The fourth-order valence-corrected chi connectivity index (χ4v) is 5.05. The number of hydrogen-bond acceptors (Lipinski definition) is 4. The van der Waals surface area contributed by atoms with Gasteiger partial charge >= 0.3 is 0 Å². The van der Waals surface area contributed by atoms with Gasteiger partial charge in [0.15, 0.2) is 0 Å². The number of anilines is 2. The van der Waals surface area contributed by atoms with E-state index in [0.717, 1.165) is 29.0 Å². The summed E-state index contributed by atoms with van der Waals surface area (Å²) in [5.41, 5.74) is 2.22. The van der Waals surface area contributed by atoms with Crippen molar-refractivity contribution < 1.29 is 18.0 Å². The molecule has 0 aliphatic carbocycles. The largest absolute Gasteiger partial charge is 0.339 e.